The number of amides is 2. The van der Waals surface area contributed by atoms with E-state index in [1.165, 1.54) is 7.05 Å². The Bertz CT molecular complexity index is 613. The number of carboxylic acid groups (broad SMARTS) is 1. The van der Waals surface area contributed by atoms with E-state index in [0.29, 0.717) is 0 Å². The van der Waals surface area contributed by atoms with Gasteiger partial charge in [-0.15, -0.1) is 0 Å². The predicted octanol–water partition coefficient (Wildman–Crippen LogP) is -0.146. The van der Waals surface area contributed by atoms with Gasteiger partial charge in [0.2, 0.25) is 0 Å². The number of carbonyl (C=O) groups excluding carboxylic acids is 1. The van der Waals surface area contributed by atoms with Crippen molar-refractivity contribution in [3.05, 3.63) is 17.2 Å². The van der Waals surface area contributed by atoms with Gasteiger partial charge in [-0.1, -0.05) is 0 Å². The van der Waals surface area contributed by atoms with Crippen molar-refractivity contribution >= 4 is 21.0 Å². The Morgan fingerprint density at radius 1 is 1.41 bits per heavy atom. The van der Waals surface area contributed by atoms with E-state index in [4.69, 9.17) is 15.6 Å². The van der Waals surface area contributed by atoms with Gasteiger partial charge in [0.05, 0.1) is 0 Å². The van der Waals surface area contributed by atoms with E-state index < -0.39 is 36.1 Å². The first-order valence-electron chi connectivity index (χ1n) is 5.94. The number of urea groups is 1. The van der Waals surface area contributed by atoms with Gasteiger partial charge in [-0.25, -0.2) is 0 Å². The topological polar surface area (TPSA) is 114 Å². The number of rotatable bonds is 5. The number of anilines is 1. The maximum absolute atomic E-state index is 14.2. The quantitative estimate of drug-likeness (QED) is 0.439. The number of aliphatic carboxylic acids is 1. The summed E-state index contributed by atoms with van der Waals surface area (Å²) in [5, 5.41) is 13.4. The molecule has 0 radical (unpaired) electrons. The van der Waals surface area contributed by atoms with Crippen molar-refractivity contribution in [2.75, 3.05) is 19.5 Å². The first-order chi connectivity index (χ1) is 10.2. The Morgan fingerprint density at radius 3 is 2.45 bits per heavy atom. The van der Waals surface area contributed by atoms with Crippen LogP contribution in [0, 0.1) is 36.4 Å². The van der Waals surface area contributed by atoms with Gasteiger partial charge in [-0.2, -0.15) is 0 Å². The number of carboxylic acids is 1. The molecule has 0 heterocycles. The zero-order valence-electron chi connectivity index (χ0n) is 11.7. The Balaban J connectivity index is 3.49. The zero-order valence-corrected chi connectivity index (χ0v) is 14.6. The average molecular weight is 512 g/mol. The van der Waals surface area contributed by atoms with Gasteiger partial charge in [0.25, 0.3) is 0 Å². The fraction of sp³-hybridized carbons (Fsp3) is 0.333. The third-order valence-corrected chi connectivity index (χ3v) is 4.19. The van der Waals surface area contributed by atoms with Crippen LogP contribution in [0.3, 0.4) is 0 Å². The van der Waals surface area contributed by atoms with Crippen molar-refractivity contribution in [2.45, 2.75) is 12.5 Å². The molecule has 10 heteroatoms. The molecule has 0 bridgehead atoms. The molecule has 1 unspecified atom stereocenters. The molecule has 2 amide bonds. The van der Waals surface area contributed by atoms with Crippen LogP contribution >= 0.6 is 0 Å². The Hall–Kier alpha value is -1.54. The normalized spacial score (nSPS) is 11.7. The van der Waals surface area contributed by atoms with Crippen LogP contribution in [0.4, 0.5) is 19.3 Å². The second-order valence-electron chi connectivity index (χ2n) is 4.18. The molecule has 5 N–H and O–H groups in total. The Labute approximate surface area is 140 Å². The van der Waals surface area contributed by atoms with E-state index in [0.717, 1.165) is 31.8 Å². The third kappa shape index (κ3) is 3.81. The van der Waals surface area contributed by atoms with E-state index in [1.54, 1.807) is 0 Å². The molecular formula is C12H14AtF2N3O4. The minimum atomic E-state index is -1.45. The van der Waals surface area contributed by atoms with Crippen molar-refractivity contribution in [3.63, 3.8) is 0 Å². The van der Waals surface area contributed by atoms with Crippen molar-refractivity contribution in [1.82, 2.24) is 5.32 Å². The summed E-state index contributed by atoms with van der Waals surface area (Å²) in [7, 11) is 2.50. The van der Waals surface area contributed by atoms with E-state index in [9.17, 15) is 18.4 Å². The number of nitrogens with one attached hydrogen (secondary N) is 2. The van der Waals surface area contributed by atoms with Crippen molar-refractivity contribution in [2.24, 2.45) is 5.73 Å². The van der Waals surface area contributed by atoms with Crippen LogP contribution in [0.25, 0.3) is 0 Å². The molecule has 0 spiro atoms. The molecule has 1 aromatic carbocycles. The fourth-order valence-electron chi connectivity index (χ4n) is 1.67. The standard InChI is InChI=1S/C12H14AtF2N3O4/c1-17-12(21)18-9-4(3-5(16)11(19)20)7(14)8(15)10(22-2)6(9)13/h5H,3,16H2,1-2H3,(H,19,20)(H2,17,18,21). The number of hydrogen-bond donors (Lipinski definition) is 4. The van der Waals surface area contributed by atoms with Gasteiger partial charge in [0.15, 0.2) is 0 Å². The van der Waals surface area contributed by atoms with Crippen LogP contribution < -0.4 is 24.4 Å². The van der Waals surface area contributed by atoms with Crippen LogP contribution in [-0.4, -0.2) is 37.3 Å². The summed E-state index contributed by atoms with van der Waals surface area (Å²) in [6.07, 6.45) is -0.489. The predicted molar refractivity (Wildman–Crippen MR) is 69.9 cm³/mol. The Morgan fingerprint density at radius 2 is 2.00 bits per heavy atom. The monoisotopic (exact) mass is 512 g/mol. The summed E-state index contributed by atoms with van der Waals surface area (Å²) in [6.45, 7) is 0. The number of hydrogen-bond acceptors (Lipinski definition) is 4. The van der Waals surface area contributed by atoms with Gasteiger partial charge in [0.1, 0.15) is 0 Å². The van der Waals surface area contributed by atoms with Gasteiger partial charge in [0, 0.05) is 0 Å². The molecule has 0 aliphatic rings. The van der Waals surface area contributed by atoms with Gasteiger partial charge < -0.3 is 0 Å². The summed E-state index contributed by atoms with van der Waals surface area (Å²) in [5.74, 6) is -4.28. The fourth-order valence-corrected chi connectivity index (χ4v) is 2.92. The molecule has 0 aliphatic heterocycles. The van der Waals surface area contributed by atoms with E-state index in [2.05, 4.69) is 10.6 Å². The van der Waals surface area contributed by atoms with Gasteiger partial charge in [-0.05, 0) is 0 Å². The van der Waals surface area contributed by atoms with Crippen LogP contribution in [0.5, 0.6) is 5.75 Å². The van der Waals surface area contributed by atoms with Crippen molar-refractivity contribution in [1.29, 1.82) is 0 Å². The van der Waals surface area contributed by atoms with Crippen molar-refractivity contribution in [3.8, 4) is 5.75 Å². The zero-order chi connectivity index (χ0) is 17.0. The summed E-state index contributed by atoms with van der Waals surface area (Å²) in [5.41, 5.74) is 5.00. The summed E-state index contributed by atoms with van der Waals surface area (Å²) < 4.78 is 33.1. The third-order valence-electron chi connectivity index (χ3n) is 2.79. The minimum absolute atomic E-state index is 0.0523. The number of carbonyl (C=O) groups is 2. The molecule has 0 aliphatic carbocycles. The molecule has 122 valence electrons. The maximum atomic E-state index is 14.2. The molecule has 7 nitrogen and oxygen atoms in total. The van der Waals surface area contributed by atoms with E-state index in [1.807, 2.05) is 0 Å². The summed E-state index contributed by atoms with van der Waals surface area (Å²) >= 11 is 0.933. The second-order valence-corrected chi connectivity index (χ2v) is 5.65. The molecule has 0 saturated carbocycles. The molecule has 0 fully saturated rings. The number of methoxy groups -OCH3 is 1. The Kier molecular flexibility index (Phi) is 6.43. The van der Waals surface area contributed by atoms with Crippen LogP contribution in [0.2, 0.25) is 0 Å². The summed E-state index contributed by atoms with van der Waals surface area (Å²) in [4.78, 5) is 22.3. The summed E-state index contributed by atoms with van der Waals surface area (Å²) in [6, 6.07) is -2.12. The number of halogens is 2. The van der Waals surface area contributed by atoms with Crippen LogP contribution in [-0.2, 0) is 11.2 Å². The molecule has 1 aromatic rings. The SMILES string of the molecule is CNC(=O)Nc1c([At])c(OC)c(F)c(F)c1CC(N)C(=O)O. The molecule has 1 rings (SSSR count). The molecule has 0 saturated heterocycles. The average Bonchev–Trinajstić information content (AvgIpc) is 2.48. The van der Waals surface area contributed by atoms with Gasteiger partial charge >= 0.3 is 140 Å². The van der Waals surface area contributed by atoms with Crippen LogP contribution in [0.15, 0.2) is 0 Å². The van der Waals surface area contributed by atoms with Crippen molar-refractivity contribution < 1.29 is 52.9 Å². The molecule has 1 atom stereocenters. The number of nitrogens with two attached hydrogens (primary N) is 1. The van der Waals surface area contributed by atoms with Gasteiger partial charge in [-0.3, -0.25) is 0 Å². The van der Waals surface area contributed by atoms with E-state index in [-0.39, 0.29) is 20.3 Å². The molecule has 22 heavy (non-hydrogen) atoms. The van der Waals surface area contributed by atoms with E-state index >= 15 is 0 Å². The molecule has 0 aromatic heterocycles. The second kappa shape index (κ2) is 7.64. The number of ether oxygens (including phenoxy) is 1. The first kappa shape index (κ1) is 18.5. The molecular weight excluding hydrogens is 498 g/mol. The van der Waals surface area contributed by atoms with Crippen LogP contribution in [0.1, 0.15) is 5.56 Å². The first-order valence-corrected chi connectivity index (χ1v) is 7.41. The number of benzene rings is 1.